The van der Waals surface area contributed by atoms with Crippen LogP contribution in [0.3, 0.4) is 0 Å². The number of rotatable bonds is 4. The molecule has 2 fully saturated rings. The van der Waals surface area contributed by atoms with Crippen molar-refractivity contribution in [2.75, 3.05) is 31.2 Å². The maximum Gasteiger partial charge on any atom is 0.270 e. The zero-order valence-corrected chi connectivity index (χ0v) is 16.7. The lowest BCUT2D eigenvalue weighted by molar-refractivity contribution is 0.0845. The fourth-order valence-corrected chi connectivity index (χ4v) is 4.15. The first-order valence-corrected chi connectivity index (χ1v) is 10.4. The summed E-state index contributed by atoms with van der Waals surface area (Å²) < 4.78 is 5.46. The molecular weight excluding hydrogens is 380 g/mol. The molecule has 0 saturated carbocycles. The van der Waals surface area contributed by atoms with Crippen LogP contribution in [0.5, 0.6) is 0 Å². The van der Waals surface area contributed by atoms with Gasteiger partial charge in [-0.2, -0.15) is 0 Å². The molecule has 0 aromatic carbocycles. The Morgan fingerprint density at radius 1 is 1.07 bits per heavy atom. The van der Waals surface area contributed by atoms with Crippen LogP contribution in [0, 0.1) is 0 Å². The van der Waals surface area contributed by atoms with E-state index in [9.17, 15) is 4.79 Å². The van der Waals surface area contributed by atoms with Crippen LogP contribution in [0.25, 0.3) is 10.9 Å². The van der Waals surface area contributed by atoms with Crippen molar-refractivity contribution in [3.8, 4) is 0 Å². The van der Waals surface area contributed by atoms with E-state index in [1.807, 2.05) is 24.4 Å². The number of pyridine rings is 2. The van der Waals surface area contributed by atoms with E-state index >= 15 is 0 Å². The second kappa shape index (κ2) is 8.31. The van der Waals surface area contributed by atoms with E-state index in [2.05, 4.69) is 25.2 Å². The van der Waals surface area contributed by atoms with Crippen molar-refractivity contribution in [1.82, 2.24) is 25.3 Å². The summed E-state index contributed by atoms with van der Waals surface area (Å²) in [6.07, 6.45) is 8.13. The standard InChI is InChI=1S/C22H24N6O2/c29-21(20-2-1-16-13-23-8-3-19(16)26-20)25-17-5-10-28(14-17)22-24-9-4-18(27-22)15-6-11-30-12-7-15/h1-4,8-9,13,15,17H,5-7,10-12,14H2,(H,25,29). The van der Waals surface area contributed by atoms with E-state index in [1.54, 1.807) is 18.5 Å². The highest BCUT2D eigenvalue weighted by molar-refractivity contribution is 5.95. The van der Waals surface area contributed by atoms with Gasteiger partial charge in [0.25, 0.3) is 5.91 Å². The summed E-state index contributed by atoms with van der Waals surface area (Å²) in [5.41, 5.74) is 2.28. The number of nitrogens with one attached hydrogen (secondary N) is 1. The minimum atomic E-state index is -0.155. The molecule has 8 heteroatoms. The molecule has 3 aromatic heterocycles. The third kappa shape index (κ3) is 3.95. The first kappa shape index (κ1) is 18.9. The molecule has 1 unspecified atom stereocenters. The van der Waals surface area contributed by atoms with E-state index < -0.39 is 0 Å². The molecular formula is C22H24N6O2. The highest BCUT2D eigenvalue weighted by Gasteiger charge is 2.27. The second-order valence-electron chi connectivity index (χ2n) is 7.84. The van der Waals surface area contributed by atoms with E-state index in [-0.39, 0.29) is 11.9 Å². The molecule has 5 heterocycles. The van der Waals surface area contributed by atoms with Crippen LogP contribution in [-0.2, 0) is 4.74 Å². The molecule has 154 valence electrons. The Balaban J connectivity index is 1.24. The average Bonchev–Trinajstić information content (AvgIpc) is 3.28. The third-order valence-electron chi connectivity index (χ3n) is 5.83. The number of ether oxygens (including phenoxy) is 1. The maximum absolute atomic E-state index is 12.7. The number of aromatic nitrogens is 4. The summed E-state index contributed by atoms with van der Waals surface area (Å²) in [4.78, 5) is 32.7. The van der Waals surface area contributed by atoms with E-state index in [1.165, 1.54) is 0 Å². The lowest BCUT2D eigenvalue weighted by atomic mass is 9.96. The lowest BCUT2D eigenvalue weighted by Crippen LogP contribution is -2.37. The van der Waals surface area contributed by atoms with Crippen molar-refractivity contribution in [3.05, 3.63) is 54.2 Å². The molecule has 0 bridgehead atoms. The van der Waals surface area contributed by atoms with Gasteiger partial charge in [-0.1, -0.05) is 0 Å². The van der Waals surface area contributed by atoms with Crippen molar-refractivity contribution in [2.24, 2.45) is 0 Å². The zero-order chi connectivity index (χ0) is 20.3. The summed E-state index contributed by atoms with van der Waals surface area (Å²) in [5, 5.41) is 4.03. The number of carbonyl (C=O) groups excluding carboxylic acids is 1. The number of hydrogen-bond acceptors (Lipinski definition) is 7. The minimum Gasteiger partial charge on any atom is -0.381 e. The highest BCUT2D eigenvalue weighted by atomic mass is 16.5. The molecule has 0 aliphatic carbocycles. The molecule has 3 aromatic rings. The normalized spacial score (nSPS) is 19.9. The molecule has 2 saturated heterocycles. The monoisotopic (exact) mass is 404 g/mol. The molecule has 5 rings (SSSR count). The third-order valence-corrected chi connectivity index (χ3v) is 5.83. The molecule has 2 aliphatic rings. The Morgan fingerprint density at radius 3 is 2.87 bits per heavy atom. The molecule has 1 atom stereocenters. The van der Waals surface area contributed by atoms with Crippen molar-refractivity contribution in [3.63, 3.8) is 0 Å². The van der Waals surface area contributed by atoms with Gasteiger partial charge in [0, 0.05) is 67.9 Å². The maximum atomic E-state index is 12.7. The molecule has 0 spiro atoms. The first-order chi connectivity index (χ1) is 14.8. The van der Waals surface area contributed by atoms with Gasteiger partial charge in [0.2, 0.25) is 5.95 Å². The van der Waals surface area contributed by atoms with Crippen LogP contribution >= 0.6 is 0 Å². The summed E-state index contributed by atoms with van der Waals surface area (Å²) in [6.45, 7) is 3.10. The molecule has 0 radical (unpaired) electrons. The Bertz CT molecular complexity index is 1050. The van der Waals surface area contributed by atoms with Gasteiger partial charge in [-0.15, -0.1) is 0 Å². The van der Waals surface area contributed by atoms with Gasteiger partial charge in [0.05, 0.1) is 5.52 Å². The SMILES string of the molecule is O=C(NC1CCN(c2nccc(C3CCOCC3)n2)C1)c1ccc2cnccc2n1. The van der Waals surface area contributed by atoms with Crippen LogP contribution in [0.1, 0.15) is 41.4 Å². The fraction of sp³-hybridized carbons (Fsp3) is 0.409. The van der Waals surface area contributed by atoms with Gasteiger partial charge >= 0.3 is 0 Å². The van der Waals surface area contributed by atoms with Crippen molar-refractivity contribution in [1.29, 1.82) is 0 Å². The number of amides is 1. The van der Waals surface area contributed by atoms with Gasteiger partial charge in [0.15, 0.2) is 0 Å². The summed E-state index contributed by atoms with van der Waals surface area (Å²) in [6, 6.07) is 7.48. The Labute approximate surface area is 174 Å². The van der Waals surface area contributed by atoms with Crippen LogP contribution in [0.2, 0.25) is 0 Å². The fourth-order valence-electron chi connectivity index (χ4n) is 4.15. The Hall–Kier alpha value is -3.13. The summed E-state index contributed by atoms with van der Waals surface area (Å²) in [7, 11) is 0. The number of carbonyl (C=O) groups is 1. The zero-order valence-electron chi connectivity index (χ0n) is 16.7. The van der Waals surface area contributed by atoms with E-state index in [4.69, 9.17) is 9.72 Å². The molecule has 8 nitrogen and oxygen atoms in total. The average molecular weight is 404 g/mol. The summed E-state index contributed by atoms with van der Waals surface area (Å²) in [5.74, 6) is 1.03. The van der Waals surface area contributed by atoms with Gasteiger partial charge in [-0.3, -0.25) is 9.78 Å². The lowest BCUT2D eigenvalue weighted by Gasteiger charge is -2.23. The smallest absolute Gasteiger partial charge is 0.270 e. The number of fused-ring (bicyclic) bond motifs is 1. The molecule has 1 amide bonds. The van der Waals surface area contributed by atoms with E-state index in [0.29, 0.717) is 18.2 Å². The topological polar surface area (TPSA) is 93.1 Å². The van der Waals surface area contributed by atoms with Gasteiger partial charge in [-0.25, -0.2) is 15.0 Å². The molecule has 30 heavy (non-hydrogen) atoms. The largest absolute Gasteiger partial charge is 0.381 e. The van der Waals surface area contributed by atoms with Gasteiger partial charge in [0.1, 0.15) is 5.69 Å². The predicted molar refractivity (Wildman–Crippen MR) is 112 cm³/mol. The van der Waals surface area contributed by atoms with Crippen LogP contribution in [0.15, 0.2) is 42.9 Å². The Kier molecular flexibility index (Phi) is 5.23. The van der Waals surface area contributed by atoms with Crippen molar-refractivity contribution >= 4 is 22.8 Å². The predicted octanol–water partition coefficient (Wildman–Crippen LogP) is 2.32. The van der Waals surface area contributed by atoms with Crippen LogP contribution in [0.4, 0.5) is 5.95 Å². The highest BCUT2D eigenvalue weighted by Crippen LogP contribution is 2.27. The number of anilines is 1. The van der Waals surface area contributed by atoms with Gasteiger partial charge < -0.3 is 15.0 Å². The summed E-state index contributed by atoms with van der Waals surface area (Å²) >= 11 is 0. The first-order valence-electron chi connectivity index (χ1n) is 10.4. The van der Waals surface area contributed by atoms with Crippen LogP contribution in [-0.4, -0.2) is 58.2 Å². The molecule has 2 aliphatic heterocycles. The Morgan fingerprint density at radius 2 is 1.97 bits per heavy atom. The number of nitrogens with zero attached hydrogens (tertiary/aromatic N) is 5. The van der Waals surface area contributed by atoms with Crippen LogP contribution < -0.4 is 10.2 Å². The second-order valence-corrected chi connectivity index (χ2v) is 7.84. The number of hydrogen-bond donors (Lipinski definition) is 1. The molecule has 1 N–H and O–H groups in total. The van der Waals surface area contributed by atoms with Crippen molar-refractivity contribution in [2.45, 2.75) is 31.2 Å². The van der Waals surface area contributed by atoms with Gasteiger partial charge in [-0.05, 0) is 43.5 Å². The van der Waals surface area contributed by atoms with Crippen molar-refractivity contribution < 1.29 is 9.53 Å². The van der Waals surface area contributed by atoms with E-state index in [0.717, 1.165) is 61.6 Å². The minimum absolute atomic E-state index is 0.0442. The quantitative estimate of drug-likeness (QED) is 0.713.